The molecule has 0 aliphatic carbocycles. The monoisotopic (exact) mass is 302 g/mol. The number of aromatic hydroxyl groups is 1. The highest BCUT2D eigenvalue weighted by atomic mass is 32.2. The van der Waals surface area contributed by atoms with Gasteiger partial charge in [-0.05, 0) is 36.4 Å². The molecule has 2 aromatic carbocycles. The van der Waals surface area contributed by atoms with Crippen molar-refractivity contribution in [3.63, 3.8) is 0 Å². The van der Waals surface area contributed by atoms with Crippen molar-refractivity contribution in [1.29, 1.82) is 0 Å². The molecule has 108 valence electrons. The first-order valence-corrected chi connectivity index (χ1v) is 7.20. The minimum Gasteiger partial charge on any atom is -0.508 e. The highest BCUT2D eigenvalue weighted by Crippen LogP contribution is 2.16. The second-order valence-electron chi connectivity index (χ2n) is 4.15. The Bertz CT molecular complexity index is 615. The van der Waals surface area contributed by atoms with Crippen LogP contribution in [0, 0.1) is 0 Å². The lowest BCUT2D eigenvalue weighted by molar-refractivity contribution is -0.119. The maximum absolute atomic E-state index is 11.7. The van der Waals surface area contributed by atoms with E-state index in [0.717, 1.165) is 4.90 Å². The molecule has 0 radical (unpaired) electrons. The fraction of sp³-hybridized carbons (Fsp3) is 0.0667. The predicted octanol–water partition coefficient (Wildman–Crippen LogP) is 1.95. The van der Waals surface area contributed by atoms with Crippen LogP contribution in [0.25, 0.3) is 0 Å². The summed E-state index contributed by atoms with van der Waals surface area (Å²) in [6, 6.07) is 15.3. The highest BCUT2D eigenvalue weighted by Gasteiger charge is 2.07. The van der Waals surface area contributed by atoms with Crippen molar-refractivity contribution in [2.24, 2.45) is 0 Å². The van der Waals surface area contributed by atoms with E-state index in [0.29, 0.717) is 5.56 Å². The number of thioether (sulfide) groups is 1. The van der Waals surface area contributed by atoms with Gasteiger partial charge < -0.3 is 5.11 Å². The number of phenols is 1. The van der Waals surface area contributed by atoms with Crippen LogP contribution in [0.3, 0.4) is 0 Å². The molecule has 0 fully saturated rings. The number of benzene rings is 2. The predicted molar refractivity (Wildman–Crippen MR) is 80.9 cm³/mol. The zero-order valence-electron chi connectivity index (χ0n) is 11.1. The minimum absolute atomic E-state index is 0.0786. The molecular weight excluding hydrogens is 288 g/mol. The Labute approximate surface area is 126 Å². The summed E-state index contributed by atoms with van der Waals surface area (Å²) >= 11 is 1.38. The summed E-state index contributed by atoms with van der Waals surface area (Å²) in [5.41, 5.74) is 5.02. The Morgan fingerprint density at radius 2 is 1.62 bits per heavy atom. The molecule has 0 heterocycles. The molecule has 0 bridgehead atoms. The van der Waals surface area contributed by atoms with Gasteiger partial charge in [0.25, 0.3) is 5.91 Å². The molecule has 2 amide bonds. The second kappa shape index (κ2) is 7.35. The lowest BCUT2D eigenvalue weighted by atomic mass is 10.2. The Morgan fingerprint density at radius 3 is 2.29 bits per heavy atom. The van der Waals surface area contributed by atoms with Gasteiger partial charge in [0.15, 0.2) is 0 Å². The number of nitrogens with one attached hydrogen (secondary N) is 2. The van der Waals surface area contributed by atoms with Crippen LogP contribution >= 0.6 is 11.8 Å². The van der Waals surface area contributed by atoms with Crippen LogP contribution in [0.4, 0.5) is 0 Å². The summed E-state index contributed by atoms with van der Waals surface area (Å²) in [6.07, 6.45) is 0. The van der Waals surface area contributed by atoms with Crippen LogP contribution < -0.4 is 10.9 Å². The zero-order valence-corrected chi connectivity index (χ0v) is 11.9. The summed E-state index contributed by atoms with van der Waals surface area (Å²) in [5.74, 6) is -0.446. The van der Waals surface area contributed by atoms with Crippen LogP contribution in [0.1, 0.15) is 10.4 Å². The smallest absolute Gasteiger partial charge is 0.269 e. The van der Waals surface area contributed by atoms with Crippen LogP contribution in [0.2, 0.25) is 0 Å². The normalized spacial score (nSPS) is 9.90. The van der Waals surface area contributed by atoms with Gasteiger partial charge in [-0.2, -0.15) is 0 Å². The van der Waals surface area contributed by atoms with E-state index in [2.05, 4.69) is 10.9 Å². The van der Waals surface area contributed by atoms with Gasteiger partial charge in [0.05, 0.1) is 5.75 Å². The third-order valence-corrected chi connectivity index (χ3v) is 3.57. The van der Waals surface area contributed by atoms with Gasteiger partial charge in [-0.3, -0.25) is 20.4 Å². The average Bonchev–Trinajstić information content (AvgIpc) is 2.52. The molecule has 0 saturated carbocycles. The molecule has 0 aliphatic heterocycles. The van der Waals surface area contributed by atoms with Crippen molar-refractivity contribution in [2.45, 2.75) is 4.90 Å². The van der Waals surface area contributed by atoms with E-state index in [4.69, 9.17) is 5.11 Å². The molecule has 0 spiro atoms. The molecule has 2 rings (SSSR count). The van der Waals surface area contributed by atoms with E-state index in [1.165, 1.54) is 36.0 Å². The largest absolute Gasteiger partial charge is 0.508 e. The SMILES string of the molecule is O=C(CSc1ccccc1)NNC(=O)c1ccc(O)cc1. The fourth-order valence-corrected chi connectivity index (χ4v) is 2.23. The molecular formula is C15H14N2O3S. The van der Waals surface area contributed by atoms with E-state index in [9.17, 15) is 9.59 Å². The molecule has 3 N–H and O–H groups in total. The molecule has 0 aromatic heterocycles. The van der Waals surface area contributed by atoms with Crippen LogP contribution in [0.15, 0.2) is 59.5 Å². The van der Waals surface area contributed by atoms with Gasteiger partial charge in [0.1, 0.15) is 5.75 Å². The topological polar surface area (TPSA) is 78.4 Å². The fourth-order valence-electron chi connectivity index (χ4n) is 1.51. The van der Waals surface area contributed by atoms with Gasteiger partial charge >= 0.3 is 0 Å². The Kier molecular flexibility index (Phi) is 5.22. The molecule has 0 saturated heterocycles. The number of hydrazine groups is 1. The Balaban J connectivity index is 1.76. The molecule has 0 aliphatic rings. The number of carbonyl (C=O) groups is 2. The maximum atomic E-state index is 11.7. The molecule has 6 heteroatoms. The zero-order chi connectivity index (χ0) is 15.1. The van der Waals surface area contributed by atoms with Crippen molar-refractivity contribution in [1.82, 2.24) is 10.9 Å². The van der Waals surface area contributed by atoms with Crippen LogP contribution in [-0.4, -0.2) is 22.7 Å². The summed E-state index contributed by atoms with van der Waals surface area (Å²) in [7, 11) is 0. The lowest BCUT2D eigenvalue weighted by Crippen LogP contribution is -2.42. The molecule has 5 nitrogen and oxygen atoms in total. The quantitative estimate of drug-likeness (QED) is 0.596. The minimum atomic E-state index is -0.437. The first kappa shape index (κ1) is 14.9. The molecule has 0 atom stereocenters. The van der Waals surface area contributed by atoms with E-state index in [-0.39, 0.29) is 17.4 Å². The van der Waals surface area contributed by atoms with E-state index >= 15 is 0 Å². The summed E-state index contributed by atoms with van der Waals surface area (Å²) in [4.78, 5) is 24.3. The third-order valence-electron chi connectivity index (χ3n) is 2.56. The molecule has 2 aromatic rings. The van der Waals surface area contributed by atoms with Crippen molar-refractivity contribution in [2.75, 3.05) is 5.75 Å². The number of carbonyl (C=O) groups excluding carboxylic acids is 2. The van der Waals surface area contributed by atoms with Crippen molar-refractivity contribution in [3.05, 3.63) is 60.2 Å². The van der Waals surface area contributed by atoms with Gasteiger partial charge in [0.2, 0.25) is 5.91 Å². The summed E-state index contributed by atoms with van der Waals surface area (Å²) < 4.78 is 0. The summed E-state index contributed by atoms with van der Waals surface area (Å²) in [5, 5.41) is 9.13. The van der Waals surface area contributed by atoms with Crippen molar-refractivity contribution < 1.29 is 14.7 Å². The first-order valence-electron chi connectivity index (χ1n) is 6.21. The standard InChI is InChI=1S/C15H14N2O3S/c18-12-8-6-11(7-9-12)15(20)17-16-14(19)10-21-13-4-2-1-3-5-13/h1-9,18H,10H2,(H,16,19)(H,17,20). The van der Waals surface area contributed by atoms with Crippen LogP contribution in [-0.2, 0) is 4.79 Å². The number of rotatable bonds is 4. The van der Waals surface area contributed by atoms with Crippen LogP contribution in [0.5, 0.6) is 5.75 Å². The van der Waals surface area contributed by atoms with E-state index in [1.54, 1.807) is 0 Å². The summed E-state index contributed by atoms with van der Waals surface area (Å²) in [6.45, 7) is 0. The Morgan fingerprint density at radius 1 is 0.952 bits per heavy atom. The number of phenolic OH excluding ortho intramolecular Hbond substituents is 1. The van der Waals surface area contributed by atoms with E-state index < -0.39 is 5.91 Å². The lowest BCUT2D eigenvalue weighted by Gasteiger charge is -2.07. The Hall–Kier alpha value is -2.47. The third kappa shape index (κ3) is 4.85. The maximum Gasteiger partial charge on any atom is 0.269 e. The number of hydrogen-bond acceptors (Lipinski definition) is 4. The van der Waals surface area contributed by atoms with Gasteiger partial charge in [-0.25, -0.2) is 0 Å². The van der Waals surface area contributed by atoms with Crippen molar-refractivity contribution >= 4 is 23.6 Å². The number of amides is 2. The number of hydrogen-bond donors (Lipinski definition) is 3. The van der Waals surface area contributed by atoms with Gasteiger partial charge in [-0.1, -0.05) is 18.2 Å². The molecule has 0 unspecified atom stereocenters. The van der Waals surface area contributed by atoms with Gasteiger partial charge in [0, 0.05) is 10.5 Å². The van der Waals surface area contributed by atoms with E-state index in [1.807, 2.05) is 30.3 Å². The average molecular weight is 302 g/mol. The molecule has 21 heavy (non-hydrogen) atoms. The second-order valence-corrected chi connectivity index (χ2v) is 5.20. The van der Waals surface area contributed by atoms with Gasteiger partial charge in [-0.15, -0.1) is 11.8 Å². The highest BCUT2D eigenvalue weighted by molar-refractivity contribution is 8.00. The first-order chi connectivity index (χ1) is 10.1. The van der Waals surface area contributed by atoms with Crippen molar-refractivity contribution in [3.8, 4) is 5.75 Å².